The molecule has 0 bridgehead atoms. The van der Waals surface area contributed by atoms with E-state index in [4.69, 9.17) is 19.2 Å². The maximum Gasteiger partial charge on any atom is 0.194 e. The molecule has 1 fully saturated rings. The van der Waals surface area contributed by atoms with Crippen LogP contribution in [-0.4, -0.2) is 63.5 Å². The Morgan fingerprint density at radius 1 is 1.09 bits per heavy atom. The zero-order valence-electron chi connectivity index (χ0n) is 18.7. The molecule has 0 spiro atoms. The number of methoxy groups -OCH3 is 3. The first kappa shape index (κ1) is 21.3. The molecule has 1 saturated carbocycles. The molecule has 0 radical (unpaired) electrons. The summed E-state index contributed by atoms with van der Waals surface area (Å²) in [4.78, 5) is 7.18. The lowest BCUT2D eigenvalue weighted by molar-refractivity contribution is 0.0989. The van der Waals surface area contributed by atoms with Gasteiger partial charge in [0.05, 0.1) is 20.3 Å². The summed E-state index contributed by atoms with van der Waals surface area (Å²) in [5.41, 5.74) is 1.11. The summed E-state index contributed by atoms with van der Waals surface area (Å²) in [7, 11) is 5.09. The molecule has 0 saturated heterocycles. The van der Waals surface area contributed by atoms with E-state index in [2.05, 4.69) is 30.1 Å². The predicted molar refractivity (Wildman–Crippen MR) is 120 cm³/mol. The van der Waals surface area contributed by atoms with E-state index in [0.717, 1.165) is 65.6 Å². The molecule has 1 atom stereocenters. The first-order valence-electron chi connectivity index (χ1n) is 10.9. The van der Waals surface area contributed by atoms with Crippen molar-refractivity contribution in [3.8, 4) is 22.3 Å². The summed E-state index contributed by atoms with van der Waals surface area (Å²) < 4.78 is 23.1. The summed E-state index contributed by atoms with van der Waals surface area (Å²) >= 11 is 1.43. The molecule has 10 heteroatoms. The van der Waals surface area contributed by atoms with Gasteiger partial charge >= 0.3 is 0 Å². The van der Waals surface area contributed by atoms with E-state index in [0.29, 0.717) is 12.5 Å². The van der Waals surface area contributed by atoms with Gasteiger partial charge in [0.15, 0.2) is 16.7 Å². The molecule has 1 aliphatic heterocycles. The van der Waals surface area contributed by atoms with Crippen molar-refractivity contribution >= 4 is 11.5 Å². The Labute approximate surface area is 191 Å². The maximum absolute atomic E-state index is 5.63. The fourth-order valence-electron chi connectivity index (χ4n) is 4.25. The number of aromatic nitrogens is 5. The highest BCUT2D eigenvalue weighted by Gasteiger charge is 2.34. The van der Waals surface area contributed by atoms with Gasteiger partial charge in [0, 0.05) is 50.9 Å². The highest BCUT2D eigenvalue weighted by Crippen LogP contribution is 2.40. The number of nitrogens with zero attached hydrogens (tertiary/aromatic N) is 6. The fourth-order valence-corrected chi connectivity index (χ4v) is 4.99. The van der Waals surface area contributed by atoms with Crippen molar-refractivity contribution in [1.29, 1.82) is 0 Å². The number of fused-ring (bicyclic) bond motifs is 1. The summed E-state index contributed by atoms with van der Waals surface area (Å²) in [5.74, 6) is 4.89. The Balaban J connectivity index is 1.42. The lowest BCUT2D eigenvalue weighted by Gasteiger charge is -2.36. The van der Waals surface area contributed by atoms with E-state index in [1.807, 2.05) is 12.1 Å². The largest absolute Gasteiger partial charge is 0.497 e. The summed E-state index contributed by atoms with van der Waals surface area (Å²) in [5, 5.41) is 9.99. The minimum absolute atomic E-state index is 0.0904. The van der Waals surface area contributed by atoms with Crippen molar-refractivity contribution in [3.05, 3.63) is 35.4 Å². The monoisotopic (exact) mass is 456 g/mol. The zero-order chi connectivity index (χ0) is 22.1. The third-order valence-corrected chi connectivity index (χ3v) is 6.89. The molecule has 2 aliphatic rings. The Morgan fingerprint density at radius 3 is 2.72 bits per heavy atom. The van der Waals surface area contributed by atoms with Gasteiger partial charge in [-0.2, -0.15) is 4.37 Å². The fraction of sp³-hybridized carbons (Fsp3) is 0.545. The van der Waals surface area contributed by atoms with Gasteiger partial charge in [-0.15, -0.1) is 10.2 Å². The molecule has 1 aromatic carbocycles. The number of hydrogen-bond donors (Lipinski definition) is 0. The first-order valence-corrected chi connectivity index (χ1v) is 11.7. The highest BCUT2D eigenvalue weighted by atomic mass is 32.1. The van der Waals surface area contributed by atoms with Gasteiger partial charge in [0.1, 0.15) is 17.3 Å². The molecule has 9 nitrogen and oxygen atoms in total. The molecular weight excluding hydrogens is 428 g/mol. The van der Waals surface area contributed by atoms with Crippen LogP contribution in [0.3, 0.4) is 0 Å². The lowest BCUT2D eigenvalue weighted by Crippen LogP contribution is -2.38. The summed E-state index contributed by atoms with van der Waals surface area (Å²) in [6.07, 6.45) is 3.21. The Hall–Kier alpha value is -2.56. The van der Waals surface area contributed by atoms with E-state index < -0.39 is 0 Å². The molecule has 3 heterocycles. The quantitative estimate of drug-likeness (QED) is 0.485. The topological polar surface area (TPSA) is 87.4 Å². The van der Waals surface area contributed by atoms with Gasteiger partial charge in [-0.3, -0.25) is 4.90 Å². The molecule has 3 aromatic rings. The average Bonchev–Trinajstić information content (AvgIpc) is 3.40. The SMILES string of the molecule is COCCC1c2nnc(-c3nc(C4CC4)ns3)n2CCN1Cc1ccc(OC)cc1OC. The number of ether oxygens (including phenoxy) is 3. The van der Waals surface area contributed by atoms with E-state index in [1.54, 1.807) is 21.3 Å². The van der Waals surface area contributed by atoms with Crippen molar-refractivity contribution in [1.82, 2.24) is 29.0 Å². The molecule has 32 heavy (non-hydrogen) atoms. The second-order valence-electron chi connectivity index (χ2n) is 8.21. The first-order chi connectivity index (χ1) is 15.7. The Morgan fingerprint density at radius 2 is 1.97 bits per heavy atom. The minimum Gasteiger partial charge on any atom is -0.497 e. The summed E-state index contributed by atoms with van der Waals surface area (Å²) in [6, 6.07) is 6.06. The number of hydrogen-bond acceptors (Lipinski definition) is 9. The maximum atomic E-state index is 5.63. The molecule has 2 aromatic heterocycles. The van der Waals surface area contributed by atoms with Crippen LogP contribution in [0.5, 0.6) is 11.5 Å². The van der Waals surface area contributed by atoms with Crippen LogP contribution >= 0.6 is 11.5 Å². The molecular formula is C22H28N6O3S. The Bertz CT molecular complexity index is 1080. The molecule has 1 unspecified atom stereocenters. The molecule has 1 aliphatic carbocycles. The zero-order valence-corrected chi connectivity index (χ0v) is 19.5. The number of benzene rings is 1. The third-order valence-electron chi connectivity index (χ3n) is 6.17. The van der Waals surface area contributed by atoms with Crippen molar-refractivity contribution in [2.24, 2.45) is 0 Å². The van der Waals surface area contributed by atoms with Crippen molar-refractivity contribution in [2.45, 2.75) is 44.3 Å². The van der Waals surface area contributed by atoms with E-state index in [-0.39, 0.29) is 6.04 Å². The van der Waals surface area contributed by atoms with Gasteiger partial charge in [0.25, 0.3) is 0 Å². The molecule has 5 rings (SSSR count). The van der Waals surface area contributed by atoms with Gasteiger partial charge < -0.3 is 18.8 Å². The molecule has 0 amide bonds. The third kappa shape index (κ3) is 4.10. The second kappa shape index (κ2) is 9.13. The van der Waals surface area contributed by atoms with Gasteiger partial charge in [-0.25, -0.2) is 4.98 Å². The predicted octanol–water partition coefficient (Wildman–Crippen LogP) is 3.28. The van der Waals surface area contributed by atoms with Gasteiger partial charge in [0.2, 0.25) is 0 Å². The van der Waals surface area contributed by atoms with Crippen molar-refractivity contribution in [3.63, 3.8) is 0 Å². The normalized spacial score (nSPS) is 18.5. The Kier molecular flexibility index (Phi) is 6.07. The number of rotatable bonds is 9. The molecule has 0 N–H and O–H groups in total. The van der Waals surface area contributed by atoms with Crippen molar-refractivity contribution < 1.29 is 14.2 Å². The minimum atomic E-state index is 0.0904. The van der Waals surface area contributed by atoms with Crippen LogP contribution in [0.4, 0.5) is 0 Å². The lowest BCUT2D eigenvalue weighted by atomic mass is 10.1. The smallest absolute Gasteiger partial charge is 0.194 e. The average molecular weight is 457 g/mol. The van der Waals surface area contributed by atoms with Crippen LogP contribution in [0, 0.1) is 0 Å². The highest BCUT2D eigenvalue weighted by molar-refractivity contribution is 7.09. The van der Waals surface area contributed by atoms with Crippen LogP contribution in [0.2, 0.25) is 0 Å². The standard InChI is InChI=1S/C22H28N6O3S/c1-29-11-8-17-20-24-25-21(22-23-19(26-32-22)14-4-5-14)28(20)10-9-27(17)13-15-6-7-16(30-2)12-18(15)31-3/h6-7,12,14,17H,4-5,8-11,13H2,1-3H3. The van der Waals surface area contributed by atoms with Gasteiger partial charge in [-0.05, 0) is 36.9 Å². The second-order valence-corrected chi connectivity index (χ2v) is 8.96. The van der Waals surface area contributed by atoms with E-state index in [1.165, 1.54) is 24.4 Å². The summed E-state index contributed by atoms with van der Waals surface area (Å²) in [6.45, 7) is 3.07. The van der Waals surface area contributed by atoms with Crippen LogP contribution in [0.25, 0.3) is 10.8 Å². The van der Waals surface area contributed by atoms with E-state index >= 15 is 0 Å². The van der Waals surface area contributed by atoms with Crippen LogP contribution < -0.4 is 9.47 Å². The van der Waals surface area contributed by atoms with Gasteiger partial charge in [-0.1, -0.05) is 6.07 Å². The van der Waals surface area contributed by atoms with Crippen molar-refractivity contribution in [2.75, 3.05) is 34.5 Å². The van der Waals surface area contributed by atoms with Crippen LogP contribution in [0.15, 0.2) is 18.2 Å². The van der Waals surface area contributed by atoms with Crippen LogP contribution in [-0.2, 0) is 17.8 Å². The molecule has 170 valence electrons. The van der Waals surface area contributed by atoms with Crippen LogP contribution in [0.1, 0.15) is 48.4 Å². The van der Waals surface area contributed by atoms with E-state index in [9.17, 15) is 0 Å².